The third-order valence-electron chi connectivity index (χ3n) is 1.76. The Labute approximate surface area is 80.3 Å². The molecule has 0 aromatic rings. The van der Waals surface area contributed by atoms with E-state index in [0.717, 1.165) is 0 Å². The average Bonchev–Trinajstić information content (AvgIpc) is 2.29. The van der Waals surface area contributed by atoms with E-state index in [-0.39, 0.29) is 11.2 Å². The van der Waals surface area contributed by atoms with E-state index in [1.165, 1.54) is 0 Å². The van der Waals surface area contributed by atoms with E-state index < -0.39 is 9.84 Å². The molecule has 2 nitrogen and oxygen atoms in total. The predicted octanol–water partition coefficient (Wildman–Crippen LogP) is 2.29. The van der Waals surface area contributed by atoms with E-state index in [1.807, 2.05) is 26.8 Å². The van der Waals surface area contributed by atoms with E-state index >= 15 is 0 Å². The van der Waals surface area contributed by atoms with Crippen molar-refractivity contribution < 1.29 is 8.42 Å². The molecule has 0 fully saturated rings. The Balaban J connectivity index is 2.79. The van der Waals surface area contributed by atoms with Crippen molar-refractivity contribution in [2.45, 2.75) is 27.2 Å². The van der Waals surface area contributed by atoms with Crippen molar-refractivity contribution in [1.82, 2.24) is 0 Å². The van der Waals surface area contributed by atoms with Crippen LogP contribution in [0.5, 0.6) is 0 Å². The Kier molecular flexibility index (Phi) is 2.66. The summed E-state index contributed by atoms with van der Waals surface area (Å²) in [6.45, 7) is 5.81. The van der Waals surface area contributed by atoms with Gasteiger partial charge in [0.2, 0.25) is 0 Å². The number of sulfone groups is 1. The minimum Gasteiger partial charge on any atom is -0.224 e. The van der Waals surface area contributed by atoms with Crippen LogP contribution in [0.4, 0.5) is 0 Å². The first-order valence-corrected chi connectivity index (χ1v) is 6.05. The summed E-state index contributed by atoms with van der Waals surface area (Å²) in [6.07, 6.45) is 5.94. The lowest BCUT2D eigenvalue weighted by molar-refractivity contribution is 0.463. The van der Waals surface area contributed by atoms with Crippen molar-refractivity contribution in [3.8, 4) is 0 Å². The minimum absolute atomic E-state index is 0.164. The second kappa shape index (κ2) is 3.29. The average molecular weight is 200 g/mol. The molecule has 0 saturated heterocycles. The van der Waals surface area contributed by atoms with Crippen molar-refractivity contribution in [2.75, 3.05) is 5.75 Å². The summed E-state index contributed by atoms with van der Waals surface area (Å²) in [6, 6.07) is 0. The molecule has 0 aliphatic heterocycles. The topological polar surface area (TPSA) is 34.1 Å². The maximum absolute atomic E-state index is 11.7. The molecule has 0 aromatic heterocycles. The van der Waals surface area contributed by atoms with Crippen LogP contribution in [-0.4, -0.2) is 14.2 Å². The van der Waals surface area contributed by atoms with Gasteiger partial charge < -0.3 is 0 Å². The van der Waals surface area contributed by atoms with Gasteiger partial charge in [0, 0.05) is 11.3 Å². The van der Waals surface area contributed by atoms with Gasteiger partial charge >= 0.3 is 0 Å². The van der Waals surface area contributed by atoms with Gasteiger partial charge in [-0.3, -0.25) is 0 Å². The fourth-order valence-corrected chi connectivity index (χ4v) is 3.28. The molecule has 0 heterocycles. The number of hydrogen-bond acceptors (Lipinski definition) is 2. The van der Waals surface area contributed by atoms with Crippen LogP contribution in [0.15, 0.2) is 23.1 Å². The first kappa shape index (κ1) is 10.5. The molecule has 0 radical (unpaired) electrons. The molecule has 1 aliphatic rings. The summed E-state index contributed by atoms with van der Waals surface area (Å²) in [4.78, 5) is 0.558. The SMILES string of the molecule is CC(C)(C)CS(=O)(=O)C1=CC=CC1. The monoisotopic (exact) mass is 200 g/mol. The zero-order valence-corrected chi connectivity index (χ0v) is 9.19. The minimum atomic E-state index is -3.02. The van der Waals surface area contributed by atoms with Crippen molar-refractivity contribution in [3.05, 3.63) is 23.1 Å². The van der Waals surface area contributed by atoms with Crippen LogP contribution >= 0.6 is 0 Å². The molecule has 0 saturated carbocycles. The lowest BCUT2D eigenvalue weighted by atomic mass is 10.0. The van der Waals surface area contributed by atoms with Crippen LogP contribution < -0.4 is 0 Å². The molecule has 0 bridgehead atoms. The maximum atomic E-state index is 11.7. The molecule has 3 heteroatoms. The lowest BCUT2D eigenvalue weighted by Crippen LogP contribution is -2.21. The van der Waals surface area contributed by atoms with Gasteiger partial charge in [0.25, 0.3) is 0 Å². The fraction of sp³-hybridized carbons (Fsp3) is 0.600. The van der Waals surface area contributed by atoms with Crippen LogP contribution in [0.3, 0.4) is 0 Å². The second-order valence-corrected chi connectivity index (χ2v) is 6.63. The van der Waals surface area contributed by atoms with Crippen molar-refractivity contribution >= 4 is 9.84 Å². The molecule has 74 valence electrons. The fourth-order valence-electron chi connectivity index (χ4n) is 1.32. The van der Waals surface area contributed by atoms with E-state index in [2.05, 4.69) is 0 Å². The highest BCUT2D eigenvalue weighted by molar-refractivity contribution is 7.95. The van der Waals surface area contributed by atoms with Crippen LogP contribution in [0.25, 0.3) is 0 Å². The molecule has 0 aromatic carbocycles. The van der Waals surface area contributed by atoms with E-state index in [1.54, 1.807) is 12.2 Å². The smallest absolute Gasteiger partial charge is 0.175 e. The second-order valence-electron chi connectivity index (χ2n) is 4.59. The third-order valence-corrected chi connectivity index (χ3v) is 4.11. The van der Waals surface area contributed by atoms with E-state index in [9.17, 15) is 8.42 Å². The van der Waals surface area contributed by atoms with Gasteiger partial charge in [-0.1, -0.05) is 32.9 Å². The largest absolute Gasteiger partial charge is 0.224 e. The van der Waals surface area contributed by atoms with Crippen LogP contribution in [-0.2, 0) is 9.84 Å². The Morgan fingerprint density at radius 2 is 2.00 bits per heavy atom. The highest BCUT2D eigenvalue weighted by Crippen LogP contribution is 2.24. The molecule has 0 atom stereocenters. The molecule has 1 aliphatic carbocycles. The summed E-state index contributed by atoms with van der Waals surface area (Å²) < 4.78 is 23.5. The van der Waals surface area contributed by atoms with Crippen LogP contribution in [0, 0.1) is 5.41 Å². The van der Waals surface area contributed by atoms with Crippen molar-refractivity contribution in [1.29, 1.82) is 0 Å². The third kappa shape index (κ3) is 2.99. The Hall–Kier alpha value is -0.570. The van der Waals surface area contributed by atoms with Gasteiger partial charge in [0.15, 0.2) is 9.84 Å². The molecular formula is C10H16O2S. The highest BCUT2D eigenvalue weighted by atomic mass is 32.2. The summed E-state index contributed by atoms with van der Waals surface area (Å²) in [7, 11) is -3.02. The van der Waals surface area contributed by atoms with Gasteiger partial charge in [-0.2, -0.15) is 0 Å². The van der Waals surface area contributed by atoms with Gasteiger partial charge in [-0.05, 0) is 11.5 Å². The summed E-state index contributed by atoms with van der Waals surface area (Å²) in [5, 5.41) is 0. The number of rotatable bonds is 2. The van der Waals surface area contributed by atoms with Gasteiger partial charge in [0.05, 0.1) is 5.75 Å². The molecule has 0 amide bonds. The molecule has 0 unspecified atom stereocenters. The Bertz CT molecular complexity index is 340. The quantitative estimate of drug-likeness (QED) is 0.685. The number of allylic oxidation sites excluding steroid dienone is 4. The summed E-state index contributed by atoms with van der Waals surface area (Å²) in [5.74, 6) is 0.230. The van der Waals surface area contributed by atoms with Crippen molar-refractivity contribution in [3.63, 3.8) is 0 Å². The molecule has 13 heavy (non-hydrogen) atoms. The normalized spacial score (nSPS) is 17.6. The highest BCUT2D eigenvalue weighted by Gasteiger charge is 2.25. The Morgan fingerprint density at radius 1 is 1.38 bits per heavy atom. The molecule has 0 spiro atoms. The standard InChI is InChI=1S/C10H16O2S/c1-10(2,3)8-13(11,12)9-6-4-5-7-9/h4-6H,7-8H2,1-3H3. The molecule has 1 rings (SSSR count). The van der Waals surface area contributed by atoms with Gasteiger partial charge in [0.1, 0.15) is 0 Å². The van der Waals surface area contributed by atoms with Gasteiger partial charge in [-0.25, -0.2) is 8.42 Å². The summed E-state index contributed by atoms with van der Waals surface area (Å²) >= 11 is 0. The first-order chi connectivity index (χ1) is 5.81. The zero-order chi connectivity index (χ0) is 10.1. The van der Waals surface area contributed by atoms with E-state index in [4.69, 9.17) is 0 Å². The number of hydrogen-bond donors (Lipinski definition) is 0. The lowest BCUT2D eigenvalue weighted by Gasteiger charge is -2.18. The maximum Gasteiger partial charge on any atom is 0.175 e. The Morgan fingerprint density at radius 3 is 2.38 bits per heavy atom. The van der Waals surface area contributed by atoms with Crippen molar-refractivity contribution in [2.24, 2.45) is 5.41 Å². The predicted molar refractivity (Wildman–Crippen MR) is 55.1 cm³/mol. The summed E-state index contributed by atoms with van der Waals surface area (Å²) in [5.41, 5.74) is -0.164. The zero-order valence-electron chi connectivity index (χ0n) is 8.37. The molecular weight excluding hydrogens is 184 g/mol. The first-order valence-electron chi connectivity index (χ1n) is 4.40. The van der Waals surface area contributed by atoms with Gasteiger partial charge in [-0.15, -0.1) is 0 Å². The van der Waals surface area contributed by atoms with E-state index in [0.29, 0.717) is 11.3 Å². The van der Waals surface area contributed by atoms with Crippen LogP contribution in [0.2, 0.25) is 0 Å². The molecule has 0 N–H and O–H groups in total. The van der Waals surface area contributed by atoms with Crippen LogP contribution in [0.1, 0.15) is 27.2 Å².